The van der Waals surface area contributed by atoms with Crippen LogP contribution in [0.4, 0.5) is 18.2 Å². The molecule has 2 atom stereocenters. The van der Waals surface area contributed by atoms with Crippen molar-refractivity contribution >= 4 is 28.2 Å². The average molecular weight is 389 g/mol. The molecule has 0 unspecified atom stereocenters. The van der Waals surface area contributed by atoms with Crippen molar-refractivity contribution in [3.63, 3.8) is 0 Å². The van der Waals surface area contributed by atoms with Crippen LogP contribution in [0.1, 0.15) is 36.3 Å². The van der Waals surface area contributed by atoms with E-state index < -0.39 is 23.7 Å². The molecule has 1 heterocycles. The Kier molecular flexibility index (Phi) is 5.51. The summed E-state index contributed by atoms with van der Waals surface area (Å²) < 4.78 is 45.6. The van der Waals surface area contributed by atoms with Gasteiger partial charge in [0.1, 0.15) is 11.1 Å². The number of methoxy groups -OCH3 is 1. The summed E-state index contributed by atoms with van der Waals surface area (Å²) in [5, 5.41) is 13.0. The lowest BCUT2D eigenvalue weighted by Crippen LogP contribution is -2.69. The van der Waals surface area contributed by atoms with Gasteiger partial charge in [-0.1, -0.05) is 6.92 Å². The molecule has 2 N–H and O–H groups in total. The van der Waals surface area contributed by atoms with E-state index in [1.165, 1.54) is 0 Å². The maximum atomic E-state index is 13.8. The summed E-state index contributed by atoms with van der Waals surface area (Å²) >= 11 is 0.996. The van der Waals surface area contributed by atoms with Crippen LogP contribution in [0.3, 0.4) is 0 Å². The van der Waals surface area contributed by atoms with Gasteiger partial charge >= 0.3 is 17.8 Å². The summed E-state index contributed by atoms with van der Waals surface area (Å²) in [5.74, 6) is -2.44. The molecular formula is C16H18F3N3O3S. The SMILES string of the molecule is COC(=O)[C@@](NC(C)=O)(Nc1sc2c(c1C#N)CC[C@@H](C)C2)C(F)(F)F. The first kappa shape index (κ1) is 20.0. The molecule has 0 aromatic carbocycles. The Balaban J connectivity index is 2.58. The number of nitriles is 1. The fourth-order valence-electron chi connectivity index (χ4n) is 2.94. The van der Waals surface area contributed by atoms with Crippen molar-refractivity contribution in [2.24, 2.45) is 5.92 Å². The number of thiophene rings is 1. The molecule has 0 saturated heterocycles. The predicted molar refractivity (Wildman–Crippen MR) is 88.5 cm³/mol. The van der Waals surface area contributed by atoms with E-state index in [1.807, 2.05) is 13.0 Å². The van der Waals surface area contributed by atoms with Crippen LogP contribution in [0.5, 0.6) is 0 Å². The van der Waals surface area contributed by atoms with Crippen molar-refractivity contribution in [3.8, 4) is 6.07 Å². The van der Waals surface area contributed by atoms with E-state index in [-0.39, 0.29) is 10.6 Å². The van der Waals surface area contributed by atoms with Crippen molar-refractivity contribution in [3.05, 3.63) is 16.0 Å². The smallest absolute Gasteiger partial charge is 0.441 e. The zero-order chi connectivity index (χ0) is 19.7. The van der Waals surface area contributed by atoms with E-state index >= 15 is 0 Å². The monoisotopic (exact) mass is 389 g/mol. The lowest BCUT2D eigenvalue weighted by molar-refractivity contribution is -0.206. The highest BCUT2D eigenvalue weighted by Gasteiger charge is 2.63. The van der Waals surface area contributed by atoms with Gasteiger partial charge in [-0.15, -0.1) is 11.3 Å². The quantitative estimate of drug-likeness (QED) is 0.610. The fourth-order valence-corrected chi connectivity index (χ4v) is 4.35. The van der Waals surface area contributed by atoms with E-state index in [4.69, 9.17) is 0 Å². The number of carbonyl (C=O) groups is 2. The molecule has 142 valence electrons. The van der Waals surface area contributed by atoms with Gasteiger partial charge in [-0.3, -0.25) is 4.79 Å². The number of fused-ring (bicyclic) bond motifs is 1. The molecule has 1 aromatic rings. The molecule has 1 amide bonds. The van der Waals surface area contributed by atoms with Crippen molar-refractivity contribution in [2.45, 2.75) is 44.9 Å². The standard InChI is InChI=1S/C16H18F3N3O3S/c1-8-4-5-10-11(7-20)13(26-12(10)6-8)22-15(14(24)25-3,16(17,18)19)21-9(2)23/h8,22H,4-6H2,1-3H3,(H,21,23)/t8-,15-/m1/s1. The first-order valence-electron chi connectivity index (χ1n) is 7.82. The lowest BCUT2D eigenvalue weighted by atomic mass is 9.88. The van der Waals surface area contributed by atoms with Crippen molar-refractivity contribution in [1.29, 1.82) is 5.26 Å². The van der Waals surface area contributed by atoms with Gasteiger partial charge in [0.15, 0.2) is 0 Å². The third-order valence-electron chi connectivity index (χ3n) is 4.20. The molecule has 6 nitrogen and oxygen atoms in total. The van der Waals surface area contributed by atoms with E-state index in [1.54, 1.807) is 5.32 Å². The largest absolute Gasteiger partial charge is 0.466 e. The minimum absolute atomic E-state index is 0.0692. The molecule has 1 aliphatic carbocycles. The second-order valence-corrected chi connectivity index (χ2v) is 7.32. The summed E-state index contributed by atoms with van der Waals surface area (Å²) in [6, 6.07) is 1.92. The van der Waals surface area contributed by atoms with Gasteiger partial charge in [0.25, 0.3) is 0 Å². The number of amides is 1. The number of nitrogens with zero attached hydrogens (tertiary/aromatic N) is 1. The summed E-state index contributed by atoms with van der Waals surface area (Å²) in [4.78, 5) is 24.2. The molecule has 0 saturated carbocycles. The molecular weight excluding hydrogens is 371 g/mol. The molecule has 1 aromatic heterocycles. The topological polar surface area (TPSA) is 91.2 Å². The van der Waals surface area contributed by atoms with Crippen LogP contribution in [0, 0.1) is 17.2 Å². The molecule has 10 heteroatoms. The second-order valence-electron chi connectivity index (χ2n) is 6.21. The number of anilines is 1. The number of alkyl halides is 3. The highest BCUT2D eigenvalue weighted by molar-refractivity contribution is 7.16. The highest BCUT2D eigenvalue weighted by Crippen LogP contribution is 2.42. The van der Waals surface area contributed by atoms with Gasteiger partial charge in [-0.25, -0.2) is 4.79 Å². The molecule has 0 fully saturated rings. The van der Waals surface area contributed by atoms with Crippen molar-refractivity contribution in [1.82, 2.24) is 5.32 Å². The fraction of sp³-hybridized carbons (Fsp3) is 0.562. The van der Waals surface area contributed by atoms with Gasteiger partial charge < -0.3 is 15.4 Å². The maximum Gasteiger partial charge on any atom is 0.441 e. The molecule has 0 spiro atoms. The Labute approximate surface area is 152 Å². The summed E-state index contributed by atoms with van der Waals surface area (Å²) in [6.45, 7) is 2.88. The molecule has 0 bridgehead atoms. The van der Waals surface area contributed by atoms with Crippen LogP contribution in [0.25, 0.3) is 0 Å². The van der Waals surface area contributed by atoms with Crippen LogP contribution in [0.15, 0.2) is 0 Å². The Bertz CT molecular complexity index is 769. The number of carbonyl (C=O) groups excluding carboxylic acids is 2. The number of hydrogen-bond donors (Lipinski definition) is 2. The van der Waals surface area contributed by atoms with Crippen LogP contribution < -0.4 is 10.6 Å². The third-order valence-corrected chi connectivity index (χ3v) is 5.37. The number of nitrogens with one attached hydrogen (secondary N) is 2. The second kappa shape index (κ2) is 7.15. The molecule has 0 radical (unpaired) electrons. The van der Waals surface area contributed by atoms with Gasteiger partial charge in [0.05, 0.1) is 12.7 Å². The number of halogens is 3. The van der Waals surface area contributed by atoms with Crippen molar-refractivity contribution in [2.75, 3.05) is 12.4 Å². The summed E-state index contributed by atoms with van der Waals surface area (Å²) in [7, 11) is 0.790. The van der Waals surface area contributed by atoms with Crippen LogP contribution in [-0.4, -0.2) is 30.8 Å². The zero-order valence-electron chi connectivity index (χ0n) is 14.4. The highest BCUT2D eigenvalue weighted by atomic mass is 32.1. The minimum Gasteiger partial charge on any atom is -0.466 e. The zero-order valence-corrected chi connectivity index (χ0v) is 15.2. The normalized spacial score (nSPS) is 18.9. The minimum atomic E-state index is -5.20. The summed E-state index contributed by atoms with van der Waals surface area (Å²) in [5.41, 5.74) is -2.71. The van der Waals surface area contributed by atoms with Crippen molar-refractivity contribution < 1.29 is 27.5 Å². The lowest BCUT2D eigenvalue weighted by Gasteiger charge is -2.34. The van der Waals surface area contributed by atoms with E-state index in [0.29, 0.717) is 24.3 Å². The average Bonchev–Trinajstić information content (AvgIpc) is 2.87. The van der Waals surface area contributed by atoms with Crippen LogP contribution >= 0.6 is 11.3 Å². The number of ether oxygens (including phenoxy) is 1. The molecule has 26 heavy (non-hydrogen) atoms. The molecule has 0 aliphatic heterocycles. The number of hydrogen-bond acceptors (Lipinski definition) is 6. The Morgan fingerprint density at radius 2 is 2.04 bits per heavy atom. The first-order chi connectivity index (χ1) is 12.1. The predicted octanol–water partition coefficient (Wildman–Crippen LogP) is 2.72. The van der Waals surface area contributed by atoms with Crippen LogP contribution in [-0.2, 0) is 27.2 Å². The van der Waals surface area contributed by atoms with Gasteiger partial charge in [0.2, 0.25) is 5.91 Å². The van der Waals surface area contributed by atoms with E-state index in [2.05, 4.69) is 10.1 Å². The van der Waals surface area contributed by atoms with Gasteiger partial charge in [-0.05, 0) is 30.7 Å². The van der Waals surface area contributed by atoms with E-state index in [9.17, 15) is 28.0 Å². The number of esters is 1. The summed E-state index contributed by atoms with van der Waals surface area (Å²) in [6.07, 6.45) is -3.15. The molecule has 2 rings (SSSR count). The first-order valence-corrected chi connectivity index (χ1v) is 8.64. The van der Waals surface area contributed by atoms with Gasteiger partial charge in [-0.2, -0.15) is 18.4 Å². The molecule has 1 aliphatic rings. The van der Waals surface area contributed by atoms with Crippen LogP contribution in [0.2, 0.25) is 0 Å². The Morgan fingerprint density at radius 1 is 1.38 bits per heavy atom. The van der Waals surface area contributed by atoms with E-state index in [0.717, 1.165) is 36.7 Å². The number of rotatable bonds is 4. The van der Waals surface area contributed by atoms with Gasteiger partial charge in [0, 0.05) is 11.8 Å². The Hall–Kier alpha value is -2.28. The Morgan fingerprint density at radius 3 is 2.54 bits per heavy atom. The third kappa shape index (κ3) is 3.49. The maximum absolute atomic E-state index is 13.8.